The van der Waals surface area contributed by atoms with Crippen molar-refractivity contribution >= 4 is 11.8 Å². The van der Waals surface area contributed by atoms with E-state index in [2.05, 4.69) is 10.1 Å². The molecule has 0 aromatic heterocycles. The number of ether oxygens (including phenoxy) is 1. The zero-order chi connectivity index (χ0) is 15.0. The second kappa shape index (κ2) is 8.48. The molecule has 20 heavy (non-hydrogen) atoms. The molecular formula is C16H23NO3. The van der Waals surface area contributed by atoms with Crippen LogP contribution in [0.2, 0.25) is 0 Å². The number of benzene rings is 1. The number of nitrogens with one attached hydrogen (secondary N) is 1. The minimum Gasteiger partial charge on any atom is -0.469 e. The maximum absolute atomic E-state index is 12.4. The maximum atomic E-state index is 12.4. The molecular weight excluding hydrogens is 254 g/mol. The van der Waals surface area contributed by atoms with Gasteiger partial charge in [-0.2, -0.15) is 0 Å². The second-order valence-electron chi connectivity index (χ2n) is 4.85. The van der Waals surface area contributed by atoms with E-state index in [9.17, 15) is 9.59 Å². The van der Waals surface area contributed by atoms with E-state index in [0.29, 0.717) is 12.0 Å². The van der Waals surface area contributed by atoms with E-state index in [1.165, 1.54) is 7.11 Å². The van der Waals surface area contributed by atoms with Gasteiger partial charge in [0.25, 0.3) is 0 Å². The van der Waals surface area contributed by atoms with Gasteiger partial charge in [0.05, 0.1) is 13.2 Å². The highest BCUT2D eigenvalue weighted by atomic mass is 16.5. The number of carbonyl (C=O) groups is 2. The third kappa shape index (κ3) is 5.13. The third-order valence-corrected chi connectivity index (χ3v) is 3.16. The standard InChI is InChI=1S/C16H23NO3/c1-4-11-17-14(9-10-15(18)20-3)16(19)13-7-5-12(2)6-8-13/h5-8,14,17H,4,9-11H2,1-3H3. The first kappa shape index (κ1) is 16.4. The summed E-state index contributed by atoms with van der Waals surface area (Å²) in [5, 5.41) is 3.20. The highest BCUT2D eigenvalue weighted by molar-refractivity contribution is 6.00. The van der Waals surface area contributed by atoms with Crippen LogP contribution in [0.5, 0.6) is 0 Å². The van der Waals surface area contributed by atoms with Gasteiger partial charge in [-0.05, 0) is 26.3 Å². The molecule has 1 aromatic carbocycles. The summed E-state index contributed by atoms with van der Waals surface area (Å²) in [6.07, 6.45) is 1.64. The summed E-state index contributed by atoms with van der Waals surface area (Å²) in [5.74, 6) is -0.257. The van der Waals surface area contributed by atoms with E-state index in [0.717, 1.165) is 18.5 Å². The molecule has 1 rings (SSSR count). The molecule has 110 valence electrons. The molecule has 1 atom stereocenters. The van der Waals surface area contributed by atoms with Crippen molar-refractivity contribution in [3.05, 3.63) is 35.4 Å². The van der Waals surface area contributed by atoms with Gasteiger partial charge in [0.2, 0.25) is 0 Å². The quantitative estimate of drug-likeness (QED) is 0.586. The van der Waals surface area contributed by atoms with E-state index in [-0.39, 0.29) is 24.2 Å². The molecule has 0 radical (unpaired) electrons. The summed E-state index contributed by atoms with van der Waals surface area (Å²) in [7, 11) is 1.36. The Morgan fingerprint density at radius 1 is 1.25 bits per heavy atom. The van der Waals surface area contributed by atoms with Crippen molar-refractivity contribution in [1.82, 2.24) is 5.32 Å². The average Bonchev–Trinajstić information content (AvgIpc) is 2.47. The van der Waals surface area contributed by atoms with Crippen LogP contribution in [0.3, 0.4) is 0 Å². The topological polar surface area (TPSA) is 55.4 Å². The van der Waals surface area contributed by atoms with Gasteiger partial charge in [-0.25, -0.2) is 0 Å². The fraction of sp³-hybridized carbons (Fsp3) is 0.500. The number of rotatable bonds is 8. The highest BCUT2D eigenvalue weighted by Crippen LogP contribution is 2.10. The molecule has 0 heterocycles. The normalized spacial score (nSPS) is 11.9. The molecule has 0 aliphatic rings. The predicted octanol–water partition coefficient (Wildman–Crippen LogP) is 2.50. The Bertz CT molecular complexity index is 440. The number of hydrogen-bond acceptors (Lipinski definition) is 4. The predicted molar refractivity (Wildman–Crippen MR) is 78.8 cm³/mol. The summed E-state index contributed by atoms with van der Waals surface area (Å²) in [5.41, 5.74) is 1.79. The summed E-state index contributed by atoms with van der Waals surface area (Å²) < 4.78 is 4.63. The fourth-order valence-corrected chi connectivity index (χ4v) is 1.93. The van der Waals surface area contributed by atoms with Gasteiger partial charge in [0, 0.05) is 12.0 Å². The van der Waals surface area contributed by atoms with Crippen molar-refractivity contribution in [2.24, 2.45) is 0 Å². The van der Waals surface area contributed by atoms with Crippen molar-refractivity contribution < 1.29 is 14.3 Å². The molecule has 0 aliphatic carbocycles. The van der Waals surface area contributed by atoms with E-state index in [4.69, 9.17) is 0 Å². The first-order valence-corrected chi connectivity index (χ1v) is 6.99. The lowest BCUT2D eigenvalue weighted by molar-refractivity contribution is -0.140. The number of methoxy groups -OCH3 is 1. The number of hydrogen-bond donors (Lipinski definition) is 1. The Kier molecular flexibility index (Phi) is 6.94. The van der Waals surface area contributed by atoms with Crippen LogP contribution in [0.15, 0.2) is 24.3 Å². The molecule has 1 aromatic rings. The molecule has 0 fully saturated rings. The van der Waals surface area contributed by atoms with Gasteiger partial charge < -0.3 is 10.1 Å². The lowest BCUT2D eigenvalue weighted by Crippen LogP contribution is -2.37. The van der Waals surface area contributed by atoms with Crippen molar-refractivity contribution in [3.8, 4) is 0 Å². The van der Waals surface area contributed by atoms with E-state index >= 15 is 0 Å². The minimum absolute atomic E-state index is 0.0300. The first-order chi connectivity index (χ1) is 9.58. The second-order valence-corrected chi connectivity index (χ2v) is 4.85. The largest absolute Gasteiger partial charge is 0.469 e. The first-order valence-electron chi connectivity index (χ1n) is 6.99. The number of aryl methyl sites for hydroxylation is 1. The molecule has 0 aliphatic heterocycles. The van der Waals surface area contributed by atoms with Crippen LogP contribution in [-0.2, 0) is 9.53 Å². The number of Topliss-reactive ketones (excluding diaryl/α,β-unsaturated/α-hetero) is 1. The van der Waals surface area contributed by atoms with E-state index in [1.54, 1.807) is 0 Å². The monoisotopic (exact) mass is 277 g/mol. The molecule has 1 unspecified atom stereocenters. The zero-order valence-electron chi connectivity index (χ0n) is 12.4. The van der Waals surface area contributed by atoms with Crippen LogP contribution in [0.1, 0.15) is 42.1 Å². The summed E-state index contributed by atoms with van der Waals surface area (Å²) >= 11 is 0. The van der Waals surface area contributed by atoms with Crippen molar-refractivity contribution in [2.45, 2.75) is 39.2 Å². The highest BCUT2D eigenvalue weighted by Gasteiger charge is 2.20. The summed E-state index contributed by atoms with van der Waals surface area (Å²) in [4.78, 5) is 23.7. The molecule has 0 amide bonds. The maximum Gasteiger partial charge on any atom is 0.305 e. The smallest absolute Gasteiger partial charge is 0.305 e. The number of carbonyl (C=O) groups excluding carboxylic acids is 2. The van der Waals surface area contributed by atoms with Crippen LogP contribution < -0.4 is 5.32 Å². The van der Waals surface area contributed by atoms with E-state index in [1.807, 2.05) is 38.1 Å². The molecule has 0 saturated carbocycles. The molecule has 4 heteroatoms. The lowest BCUT2D eigenvalue weighted by atomic mass is 9.99. The molecule has 0 spiro atoms. The third-order valence-electron chi connectivity index (χ3n) is 3.16. The van der Waals surface area contributed by atoms with Crippen molar-refractivity contribution in [2.75, 3.05) is 13.7 Å². The molecule has 0 bridgehead atoms. The van der Waals surface area contributed by atoms with Crippen LogP contribution in [0, 0.1) is 6.92 Å². The van der Waals surface area contributed by atoms with Crippen LogP contribution in [0.25, 0.3) is 0 Å². The molecule has 0 saturated heterocycles. The van der Waals surface area contributed by atoms with Gasteiger partial charge in [0.15, 0.2) is 5.78 Å². The van der Waals surface area contributed by atoms with Crippen LogP contribution in [0.4, 0.5) is 0 Å². The van der Waals surface area contributed by atoms with Gasteiger partial charge in [0.1, 0.15) is 0 Å². The zero-order valence-corrected chi connectivity index (χ0v) is 12.4. The van der Waals surface area contributed by atoms with Crippen LogP contribution in [-0.4, -0.2) is 31.4 Å². The van der Waals surface area contributed by atoms with Crippen molar-refractivity contribution in [1.29, 1.82) is 0 Å². The van der Waals surface area contributed by atoms with Gasteiger partial charge >= 0.3 is 5.97 Å². The fourth-order valence-electron chi connectivity index (χ4n) is 1.93. The lowest BCUT2D eigenvalue weighted by Gasteiger charge is -2.17. The number of esters is 1. The Morgan fingerprint density at radius 3 is 2.45 bits per heavy atom. The summed E-state index contributed by atoms with van der Waals surface area (Å²) in [6.45, 7) is 4.78. The van der Waals surface area contributed by atoms with E-state index < -0.39 is 0 Å². The average molecular weight is 277 g/mol. The molecule has 1 N–H and O–H groups in total. The Hall–Kier alpha value is -1.68. The van der Waals surface area contributed by atoms with Gasteiger partial charge in [-0.1, -0.05) is 36.8 Å². The van der Waals surface area contributed by atoms with Crippen LogP contribution >= 0.6 is 0 Å². The van der Waals surface area contributed by atoms with Crippen molar-refractivity contribution in [3.63, 3.8) is 0 Å². The van der Waals surface area contributed by atoms with Gasteiger partial charge in [-0.15, -0.1) is 0 Å². The number of ketones is 1. The Balaban J connectivity index is 2.72. The molecule has 4 nitrogen and oxygen atoms in total. The summed E-state index contributed by atoms with van der Waals surface area (Å²) in [6, 6.07) is 7.17. The SMILES string of the molecule is CCCNC(CCC(=O)OC)C(=O)c1ccc(C)cc1. The van der Waals surface area contributed by atoms with Gasteiger partial charge in [-0.3, -0.25) is 9.59 Å². The Labute approximate surface area is 120 Å². The minimum atomic E-state index is -0.336. The Morgan fingerprint density at radius 2 is 1.90 bits per heavy atom.